The summed E-state index contributed by atoms with van der Waals surface area (Å²) < 4.78 is 0. The fourth-order valence-electron chi connectivity index (χ4n) is 6.93. The van der Waals surface area contributed by atoms with Crippen LogP contribution < -0.4 is 0 Å². The van der Waals surface area contributed by atoms with Crippen LogP contribution in [0.25, 0.3) is 0 Å². The maximum Gasteiger partial charge on any atom is 0.0535 e. The summed E-state index contributed by atoms with van der Waals surface area (Å²) >= 11 is 0. The zero-order valence-corrected chi connectivity index (χ0v) is 20.0. The van der Waals surface area contributed by atoms with Crippen molar-refractivity contribution in [1.82, 2.24) is 14.7 Å². The molecule has 0 aromatic rings. The molecule has 0 spiro atoms. The third-order valence-electron chi connectivity index (χ3n) is 8.86. The number of nitrogens with zero attached hydrogens (tertiary/aromatic N) is 3. The van der Waals surface area contributed by atoms with Crippen molar-refractivity contribution in [1.29, 1.82) is 0 Å². The van der Waals surface area contributed by atoms with Crippen LogP contribution in [0.2, 0.25) is 0 Å². The third kappa shape index (κ3) is 6.94. The molecule has 3 heteroatoms. The number of rotatable bonds is 3. The van der Waals surface area contributed by atoms with Crippen molar-refractivity contribution in [2.24, 2.45) is 0 Å². The van der Waals surface area contributed by atoms with Crippen LogP contribution in [0.5, 0.6) is 0 Å². The minimum atomic E-state index is 0.845. The highest BCUT2D eigenvalue weighted by Crippen LogP contribution is 2.30. The van der Waals surface area contributed by atoms with E-state index in [1.54, 1.807) is 0 Å². The van der Waals surface area contributed by atoms with Crippen molar-refractivity contribution >= 4 is 0 Å². The number of hydrogen-bond acceptors (Lipinski definition) is 3. The van der Waals surface area contributed by atoms with Gasteiger partial charge in [-0.3, -0.25) is 14.7 Å². The molecule has 3 nitrogen and oxygen atoms in total. The Kier molecular flexibility index (Phi) is 9.83. The van der Waals surface area contributed by atoms with Crippen molar-refractivity contribution in [2.45, 2.75) is 153 Å². The molecule has 0 atom stereocenters. The van der Waals surface area contributed by atoms with E-state index in [2.05, 4.69) is 14.7 Å². The molecule has 1 heterocycles. The van der Waals surface area contributed by atoms with E-state index in [-0.39, 0.29) is 0 Å². The van der Waals surface area contributed by atoms with Crippen LogP contribution in [0.3, 0.4) is 0 Å². The Bertz CT molecular complexity index is 370. The average Bonchev–Trinajstić information content (AvgIpc) is 2.67. The molecule has 1 aliphatic heterocycles. The van der Waals surface area contributed by atoms with Crippen LogP contribution in [0, 0.1) is 0 Å². The molecule has 3 aliphatic carbocycles. The SMILES string of the molecule is C1CCCC(N2CN(C3CCCCCCC3)CN(C3CCCCCCC3)C2)CCC1. The highest BCUT2D eigenvalue weighted by molar-refractivity contribution is 4.85. The molecule has 0 radical (unpaired) electrons. The lowest BCUT2D eigenvalue weighted by Gasteiger charge is -2.51. The summed E-state index contributed by atoms with van der Waals surface area (Å²) in [6.45, 7) is 3.79. The Balaban J connectivity index is 1.45. The summed E-state index contributed by atoms with van der Waals surface area (Å²) in [5.74, 6) is 0. The first-order valence-electron chi connectivity index (χ1n) is 14.1. The Hall–Kier alpha value is -0.120. The standard InChI is InChI=1S/C27H51N3/c1-4-10-16-25(17-11-5-1)28-22-29(26-18-12-6-2-7-13-19-26)24-30(23-28)27-20-14-8-3-9-15-21-27/h25-27H,1-24H2. The first-order chi connectivity index (χ1) is 14.9. The molecule has 4 fully saturated rings. The predicted octanol–water partition coefficient (Wildman–Crippen LogP) is 7.12. The van der Waals surface area contributed by atoms with Gasteiger partial charge >= 0.3 is 0 Å². The van der Waals surface area contributed by atoms with Crippen molar-refractivity contribution in [3.05, 3.63) is 0 Å². The Morgan fingerprint density at radius 2 is 0.467 bits per heavy atom. The maximum atomic E-state index is 2.95. The monoisotopic (exact) mass is 417 g/mol. The van der Waals surface area contributed by atoms with Gasteiger partial charge in [-0.15, -0.1) is 0 Å². The molecule has 4 aliphatic rings. The highest BCUT2D eigenvalue weighted by Gasteiger charge is 2.34. The van der Waals surface area contributed by atoms with E-state index in [0.717, 1.165) is 18.1 Å². The molecule has 4 rings (SSSR count). The van der Waals surface area contributed by atoms with Crippen LogP contribution in [0.4, 0.5) is 0 Å². The van der Waals surface area contributed by atoms with Crippen LogP contribution in [0.15, 0.2) is 0 Å². The zero-order chi connectivity index (χ0) is 20.4. The van der Waals surface area contributed by atoms with Crippen LogP contribution in [-0.2, 0) is 0 Å². The third-order valence-corrected chi connectivity index (χ3v) is 8.86. The van der Waals surface area contributed by atoms with Gasteiger partial charge in [-0.2, -0.15) is 0 Å². The van der Waals surface area contributed by atoms with E-state index in [1.165, 1.54) is 155 Å². The Morgan fingerprint density at radius 3 is 0.700 bits per heavy atom. The summed E-state index contributed by atoms with van der Waals surface area (Å²) in [6, 6.07) is 2.54. The summed E-state index contributed by atoms with van der Waals surface area (Å²) in [7, 11) is 0. The lowest BCUT2D eigenvalue weighted by atomic mass is 9.93. The number of hydrogen-bond donors (Lipinski definition) is 0. The van der Waals surface area contributed by atoms with E-state index < -0.39 is 0 Å². The molecule has 0 aromatic carbocycles. The molecule has 0 aromatic heterocycles. The van der Waals surface area contributed by atoms with Crippen molar-refractivity contribution in [2.75, 3.05) is 20.0 Å². The van der Waals surface area contributed by atoms with Gasteiger partial charge in [0.05, 0.1) is 20.0 Å². The summed E-state index contributed by atoms with van der Waals surface area (Å²) in [5, 5.41) is 0. The van der Waals surface area contributed by atoms with Gasteiger partial charge in [0, 0.05) is 18.1 Å². The second-order valence-electron chi connectivity index (χ2n) is 11.2. The fraction of sp³-hybridized carbons (Fsp3) is 1.00. The molecule has 30 heavy (non-hydrogen) atoms. The second kappa shape index (κ2) is 12.8. The molecular weight excluding hydrogens is 366 g/mol. The lowest BCUT2D eigenvalue weighted by Crippen LogP contribution is -2.62. The minimum Gasteiger partial charge on any atom is -0.274 e. The van der Waals surface area contributed by atoms with Crippen molar-refractivity contribution in [3.63, 3.8) is 0 Å². The molecule has 1 saturated heterocycles. The first-order valence-corrected chi connectivity index (χ1v) is 14.1. The normalized spacial score (nSPS) is 30.0. The van der Waals surface area contributed by atoms with Gasteiger partial charge in [0.2, 0.25) is 0 Å². The molecule has 0 N–H and O–H groups in total. The van der Waals surface area contributed by atoms with Gasteiger partial charge in [0.1, 0.15) is 0 Å². The molecule has 0 amide bonds. The predicted molar refractivity (Wildman–Crippen MR) is 128 cm³/mol. The van der Waals surface area contributed by atoms with E-state index in [9.17, 15) is 0 Å². The van der Waals surface area contributed by atoms with E-state index in [0.29, 0.717) is 0 Å². The molecule has 0 bridgehead atoms. The van der Waals surface area contributed by atoms with E-state index in [4.69, 9.17) is 0 Å². The smallest absolute Gasteiger partial charge is 0.0535 e. The van der Waals surface area contributed by atoms with E-state index in [1.807, 2.05) is 0 Å². The van der Waals surface area contributed by atoms with E-state index >= 15 is 0 Å². The second-order valence-corrected chi connectivity index (χ2v) is 11.2. The minimum absolute atomic E-state index is 0.845. The largest absolute Gasteiger partial charge is 0.274 e. The van der Waals surface area contributed by atoms with Crippen LogP contribution >= 0.6 is 0 Å². The van der Waals surface area contributed by atoms with Gasteiger partial charge < -0.3 is 0 Å². The molecule has 3 saturated carbocycles. The lowest BCUT2D eigenvalue weighted by molar-refractivity contribution is -0.0951. The van der Waals surface area contributed by atoms with Gasteiger partial charge in [-0.05, 0) is 38.5 Å². The van der Waals surface area contributed by atoms with Crippen molar-refractivity contribution in [3.8, 4) is 0 Å². The van der Waals surface area contributed by atoms with Crippen LogP contribution in [0.1, 0.15) is 135 Å². The topological polar surface area (TPSA) is 9.72 Å². The van der Waals surface area contributed by atoms with Crippen LogP contribution in [-0.4, -0.2) is 52.8 Å². The first kappa shape index (κ1) is 23.1. The average molecular weight is 418 g/mol. The Labute approximate surface area is 187 Å². The van der Waals surface area contributed by atoms with Gasteiger partial charge in [0.25, 0.3) is 0 Å². The Morgan fingerprint density at radius 1 is 0.267 bits per heavy atom. The summed E-state index contributed by atoms with van der Waals surface area (Å²) in [4.78, 5) is 8.85. The fourth-order valence-corrected chi connectivity index (χ4v) is 6.93. The summed E-state index contributed by atoms with van der Waals surface area (Å²) in [6.07, 6.45) is 30.8. The quantitative estimate of drug-likeness (QED) is 0.484. The van der Waals surface area contributed by atoms with Gasteiger partial charge in [-0.1, -0.05) is 96.3 Å². The van der Waals surface area contributed by atoms with Gasteiger partial charge in [0.15, 0.2) is 0 Å². The molecular formula is C27H51N3. The molecule has 0 unspecified atom stereocenters. The molecule has 174 valence electrons. The highest BCUT2D eigenvalue weighted by atomic mass is 15.5. The van der Waals surface area contributed by atoms with Gasteiger partial charge in [-0.25, -0.2) is 0 Å². The maximum absolute atomic E-state index is 2.95. The summed E-state index contributed by atoms with van der Waals surface area (Å²) in [5.41, 5.74) is 0. The van der Waals surface area contributed by atoms with Crippen molar-refractivity contribution < 1.29 is 0 Å². The zero-order valence-electron chi connectivity index (χ0n) is 20.0.